The molecular weight excluding hydrogens is 368 g/mol. The normalized spacial score (nSPS) is 24.2. The van der Waals surface area contributed by atoms with Gasteiger partial charge >= 0.3 is 0 Å². The van der Waals surface area contributed by atoms with Crippen molar-refractivity contribution >= 4 is 26.5 Å². The minimum Gasteiger partial charge on any atom is -0.337 e. The molecule has 1 unspecified atom stereocenters. The van der Waals surface area contributed by atoms with E-state index in [2.05, 4.69) is 20.0 Å². The van der Waals surface area contributed by atoms with Crippen LogP contribution in [0, 0.1) is 6.92 Å². The molecule has 0 amide bonds. The van der Waals surface area contributed by atoms with Gasteiger partial charge in [-0.05, 0) is 41.5 Å². The standard InChI is InChI=1S/C23H24N2O2S/c1-16-7-10-22-20(13-16)21-15-24(2)12-11-23(21)25(22)28(26,27)19-9-8-17-5-3-4-6-18(17)14-19/h3-10,13-14,21,23H,11-12,15H2,1-2H3/p+1/t21-,23-/m0/s1. The number of fused-ring (bicyclic) bond motifs is 4. The Morgan fingerprint density at radius 2 is 1.79 bits per heavy atom. The van der Waals surface area contributed by atoms with Gasteiger partial charge in [-0.1, -0.05) is 48.0 Å². The lowest BCUT2D eigenvalue weighted by Crippen LogP contribution is -3.11. The maximum Gasteiger partial charge on any atom is 0.264 e. The van der Waals surface area contributed by atoms with Crippen LogP contribution >= 0.6 is 0 Å². The van der Waals surface area contributed by atoms with Crippen molar-refractivity contribution in [3.8, 4) is 0 Å². The summed E-state index contributed by atoms with van der Waals surface area (Å²) in [7, 11) is -1.42. The van der Waals surface area contributed by atoms with E-state index in [1.165, 1.54) is 16.0 Å². The second kappa shape index (κ2) is 6.33. The lowest BCUT2D eigenvalue weighted by molar-refractivity contribution is -0.886. The van der Waals surface area contributed by atoms with Crippen LogP contribution in [-0.2, 0) is 10.0 Å². The van der Waals surface area contributed by atoms with Gasteiger partial charge < -0.3 is 4.90 Å². The van der Waals surface area contributed by atoms with Gasteiger partial charge in [0.05, 0.1) is 42.7 Å². The van der Waals surface area contributed by atoms with Crippen LogP contribution in [0.2, 0.25) is 0 Å². The van der Waals surface area contributed by atoms with E-state index in [9.17, 15) is 8.42 Å². The van der Waals surface area contributed by atoms with Crippen molar-refractivity contribution in [2.24, 2.45) is 0 Å². The monoisotopic (exact) mass is 393 g/mol. The number of rotatable bonds is 2. The zero-order chi connectivity index (χ0) is 19.5. The fourth-order valence-electron chi connectivity index (χ4n) is 4.91. The summed E-state index contributed by atoms with van der Waals surface area (Å²) in [6.07, 6.45) is 0.886. The number of likely N-dealkylation sites (N-methyl/N-ethyl adjacent to an activating group) is 1. The minimum absolute atomic E-state index is 0.0111. The molecule has 1 fully saturated rings. The molecule has 3 aromatic rings. The Bertz CT molecular complexity index is 1170. The van der Waals surface area contributed by atoms with Gasteiger partial charge in [-0.25, -0.2) is 8.42 Å². The number of anilines is 1. The van der Waals surface area contributed by atoms with E-state index in [-0.39, 0.29) is 12.0 Å². The predicted octanol–water partition coefficient (Wildman–Crippen LogP) is 2.73. The van der Waals surface area contributed by atoms with Crippen molar-refractivity contribution < 1.29 is 13.3 Å². The fourth-order valence-corrected chi connectivity index (χ4v) is 6.68. The highest BCUT2D eigenvalue weighted by atomic mass is 32.2. The Kier molecular flexibility index (Phi) is 4.00. The number of hydrogen-bond acceptors (Lipinski definition) is 2. The highest BCUT2D eigenvalue weighted by Gasteiger charge is 2.48. The molecule has 0 aromatic heterocycles. The van der Waals surface area contributed by atoms with Crippen LogP contribution in [0.4, 0.5) is 5.69 Å². The third-order valence-electron chi connectivity index (χ3n) is 6.30. The molecule has 0 saturated carbocycles. The molecule has 0 spiro atoms. The largest absolute Gasteiger partial charge is 0.337 e. The number of aryl methyl sites for hydroxylation is 1. The molecule has 2 heterocycles. The van der Waals surface area contributed by atoms with Gasteiger partial charge in [-0.3, -0.25) is 4.31 Å². The third kappa shape index (κ3) is 2.65. The summed E-state index contributed by atoms with van der Waals surface area (Å²) in [5.41, 5.74) is 3.24. The van der Waals surface area contributed by atoms with Crippen LogP contribution < -0.4 is 9.21 Å². The summed E-state index contributed by atoms with van der Waals surface area (Å²) < 4.78 is 29.3. The number of nitrogens with one attached hydrogen (secondary N) is 1. The number of hydrogen-bond donors (Lipinski definition) is 1. The molecule has 5 rings (SSSR count). The number of benzene rings is 3. The third-order valence-corrected chi connectivity index (χ3v) is 8.13. The number of likely N-dealkylation sites (tertiary alicyclic amines) is 1. The van der Waals surface area contributed by atoms with Gasteiger partial charge in [0.25, 0.3) is 10.0 Å². The van der Waals surface area contributed by atoms with Gasteiger partial charge in [0, 0.05) is 6.42 Å². The van der Waals surface area contributed by atoms with Crippen molar-refractivity contribution in [1.82, 2.24) is 0 Å². The van der Waals surface area contributed by atoms with Crippen molar-refractivity contribution in [2.45, 2.75) is 30.2 Å². The SMILES string of the molecule is Cc1ccc2c(c1)[C@@H]1C[NH+](C)CC[C@@H]1N2S(=O)(=O)c1ccc2ccccc2c1. The first-order valence-corrected chi connectivity index (χ1v) is 11.3. The Hall–Kier alpha value is -2.37. The average molecular weight is 394 g/mol. The van der Waals surface area contributed by atoms with E-state index in [0.717, 1.165) is 36.0 Å². The number of piperidine rings is 1. The summed E-state index contributed by atoms with van der Waals surface area (Å²) in [5.74, 6) is 0.263. The first-order chi connectivity index (χ1) is 13.4. The average Bonchev–Trinajstić information content (AvgIpc) is 3.01. The number of quaternary nitrogens is 1. The van der Waals surface area contributed by atoms with Gasteiger partial charge in [0.2, 0.25) is 0 Å². The van der Waals surface area contributed by atoms with E-state index in [0.29, 0.717) is 4.90 Å². The first kappa shape index (κ1) is 17.7. The minimum atomic E-state index is -3.62. The van der Waals surface area contributed by atoms with Crippen molar-refractivity contribution in [2.75, 3.05) is 24.4 Å². The van der Waals surface area contributed by atoms with Crippen molar-refractivity contribution in [3.05, 3.63) is 71.8 Å². The summed E-state index contributed by atoms with van der Waals surface area (Å²) in [6, 6.07) is 19.6. The van der Waals surface area contributed by atoms with E-state index in [4.69, 9.17) is 0 Å². The molecule has 144 valence electrons. The molecule has 1 saturated heterocycles. The van der Waals surface area contributed by atoms with Crippen LogP contribution in [0.25, 0.3) is 10.8 Å². The molecule has 5 heteroatoms. The topological polar surface area (TPSA) is 41.8 Å². The van der Waals surface area contributed by atoms with Crippen LogP contribution in [0.5, 0.6) is 0 Å². The van der Waals surface area contributed by atoms with E-state index in [1.807, 2.05) is 48.5 Å². The quantitative estimate of drug-likeness (QED) is 0.727. The van der Waals surface area contributed by atoms with Gasteiger partial charge in [0.1, 0.15) is 0 Å². The zero-order valence-electron chi connectivity index (χ0n) is 16.2. The Labute approximate surface area is 166 Å². The van der Waals surface area contributed by atoms with Crippen LogP contribution in [0.15, 0.2) is 65.6 Å². The predicted molar refractivity (Wildman–Crippen MR) is 113 cm³/mol. The Morgan fingerprint density at radius 3 is 2.61 bits per heavy atom. The van der Waals surface area contributed by atoms with Crippen molar-refractivity contribution in [3.63, 3.8) is 0 Å². The highest BCUT2D eigenvalue weighted by Crippen LogP contribution is 2.45. The van der Waals surface area contributed by atoms with Crippen LogP contribution in [0.1, 0.15) is 23.5 Å². The molecule has 1 N–H and O–H groups in total. The van der Waals surface area contributed by atoms with Crippen LogP contribution in [0.3, 0.4) is 0 Å². The second-order valence-corrected chi connectivity index (χ2v) is 10.1. The molecular formula is C23H25N2O2S+. The maximum absolute atomic E-state index is 13.8. The number of sulfonamides is 1. The van der Waals surface area contributed by atoms with E-state index < -0.39 is 10.0 Å². The molecule has 28 heavy (non-hydrogen) atoms. The molecule has 3 atom stereocenters. The Balaban J connectivity index is 1.66. The highest BCUT2D eigenvalue weighted by molar-refractivity contribution is 7.93. The van der Waals surface area contributed by atoms with Gasteiger partial charge in [-0.15, -0.1) is 0 Å². The van der Waals surface area contributed by atoms with E-state index in [1.54, 1.807) is 10.4 Å². The molecule has 4 nitrogen and oxygen atoms in total. The van der Waals surface area contributed by atoms with Crippen LogP contribution in [-0.4, -0.2) is 34.6 Å². The molecule has 0 aliphatic carbocycles. The molecule has 0 bridgehead atoms. The van der Waals surface area contributed by atoms with Gasteiger partial charge in [0.15, 0.2) is 0 Å². The summed E-state index contributed by atoms with van der Waals surface area (Å²) in [4.78, 5) is 1.85. The fraction of sp³-hybridized carbons (Fsp3) is 0.304. The second-order valence-electron chi connectivity index (χ2n) is 8.25. The number of nitrogens with zero attached hydrogens (tertiary/aromatic N) is 1. The summed E-state index contributed by atoms with van der Waals surface area (Å²) in [5, 5.41) is 2.01. The molecule has 0 radical (unpaired) electrons. The van der Waals surface area contributed by atoms with E-state index >= 15 is 0 Å². The smallest absolute Gasteiger partial charge is 0.264 e. The molecule has 2 aliphatic rings. The van der Waals surface area contributed by atoms with Gasteiger partial charge in [-0.2, -0.15) is 0 Å². The lowest BCUT2D eigenvalue weighted by Gasteiger charge is -2.34. The zero-order valence-corrected chi connectivity index (χ0v) is 17.0. The first-order valence-electron chi connectivity index (χ1n) is 9.90. The molecule has 2 aliphatic heterocycles. The Morgan fingerprint density at radius 1 is 1.00 bits per heavy atom. The van der Waals surface area contributed by atoms with Crippen molar-refractivity contribution in [1.29, 1.82) is 0 Å². The summed E-state index contributed by atoms with van der Waals surface area (Å²) in [6.45, 7) is 4.05. The maximum atomic E-state index is 13.8. The summed E-state index contributed by atoms with van der Waals surface area (Å²) >= 11 is 0. The molecule has 3 aromatic carbocycles. The lowest BCUT2D eigenvalue weighted by atomic mass is 9.89.